The van der Waals surface area contributed by atoms with E-state index in [1.165, 1.54) is 0 Å². The van der Waals surface area contributed by atoms with Gasteiger partial charge in [0, 0.05) is 35.2 Å². The summed E-state index contributed by atoms with van der Waals surface area (Å²) in [5.74, 6) is 0.362. The second-order valence-corrected chi connectivity index (χ2v) is 13.3. The lowest BCUT2D eigenvalue weighted by molar-refractivity contribution is -0.130. The van der Waals surface area contributed by atoms with E-state index in [0.29, 0.717) is 36.0 Å². The molecule has 2 fully saturated rings. The molecule has 2 aliphatic rings. The minimum Gasteiger partial charge on any atom is -0.349 e. The van der Waals surface area contributed by atoms with Gasteiger partial charge in [-0.2, -0.15) is 0 Å². The largest absolute Gasteiger partial charge is 0.349 e. The first-order valence-corrected chi connectivity index (χ1v) is 17.2. The molecule has 264 valence electrons. The number of nitrogens with two attached hydrogens (primary N) is 1. The number of halogens is 1. The first-order chi connectivity index (χ1) is 23.9. The quantitative estimate of drug-likeness (QED) is 0.135. The van der Waals surface area contributed by atoms with Crippen molar-refractivity contribution in [1.29, 1.82) is 0 Å². The van der Waals surface area contributed by atoms with Crippen LogP contribution in [0.1, 0.15) is 60.0 Å². The topological polar surface area (TPSA) is 180 Å². The van der Waals surface area contributed by atoms with Crippen LogP contribution < -0.4 is 27.0 Å². The highest BCUT2D eigenvalue weighted by Crippen LogP contribution is 2.29. The number of hydrogen-bond acceptors (Lipinski definition) is 8. The van der Waals surface area contributed by atoms with Gasteiger partial charge in [-0.25, -0.2) is 5.10 Å². The van der Waals surface area contributed by atoms with E-state index in [9.17, 15) is 14.4 Å². The van der Waals surface area contributed by atoms with Gasteiger partial charge in [-0.1, -0.05) is 30.3 Å². The fraction of sp³-hybridized carbons (Fsp3) is 0.405. The molecule has 3 amide bonds. The molecule has 0 unspecified atom stereocenters. The van der Waals surface area contributed by atoms with E-state index in [1.807, 2.05) is 55.5 Å². The molecule has 1 atom stereocenters. The average molecular weight is 700 g/mol. The fourth-order valence-electron chi connectivity index (χ4n) is 6.76. The van der Waals surface area contributed by atoms with E-state index < -0.39 is 6.04 Å². The van der Waals surface area contributed by atoms with Crippen molar-refractivity contribution in [2.45, 2.75) is 64.0 Å². The van der Waals surface area contributed by atoms with Crippen LogP contribution in [0.3, 0.4) is 0 Å². The van der Waals surface area contributed by atoms with E-state index in [1.54, 1.807) is 12.1 Å². The van der Waals surface area contributed by atoms with E-state index in [-0.39, 0.29) is 42.1 Å². The number of nitrogens with zero attached hydrogens (tertiary/aromatic N) is 3. The van der Waals surface area contributed by atoms with Crippen LogP contribution in [-0.4, -0.2) is 70.1 Å². The first-order valence-electron chi connectivity index (χ1n) is 17.2. The number of amides is 3. The third-order valence-electron chi connectivity index (χ3n) is 9.83. The van der Waals surface area contributed by atoms with Crippen molar-refractivity contribution < 1.29 is 14.4 Å². The molecule has 1 aliphatic carbocycles. The predicted octanol–water partition coefficient (Wildman–Crippen LogP) is 4.18. The zero-order valence-corrected chi connectivity index (χ0v) is 29.1. The number of aromatic amines is 1. The number of tetrazole rings is 1. The normalized spacial score (nSPS) is 18.4. The Labute approximate surface area is 298 Å². The molecule has 13 heteroatoms. The summed E-state index contributed by atoms with van der Waals surface area (Å²) in [7, 11) is 0. The van der Waals surface area contributed by atoms with E-state index >= 15 is 0 Å². The van der Waals surface area contributed by atoms with Gasteiger partial charge in [0.2, 0.25) is 11.8 Å². The van der Waals surface area contributed by atoms with E-state index in [4.69, 9.17) is 5.73 Å². The van der Waals surface area contributed by atoms with Gasteiger partial charge in [0.05, 0.1) is 0 Å². The van der Waals surface area contributed by atoms with E-state index in [2.05, 4.69) is 48.0 Å². The SMILES string of the molecule is Cc1ccc(C[C@H](NC(=O)[C@H]2CC[C@H](CN)CC2)C(=O)Nc2ccc(-c3nnn[nH]3)cc2)cc1-c1ccc(C(=O)NC2CCNCC2)cc1.Cl. The zero-order chi connectivity index (χ0) is 34.2. The molecular weight excluding hydrogens is 654 g/mol. The van der Waals surface area contributed by atoms with E-state index in [0.717, 1.165) is 79.4 Å². The van der Waals surface area contributed by atoms with Crippen LogP contribution in [0.4, 0.5) is 5.69 Å². The van der Waals surface area contributed by atoms with Crippen molar-refractivity contribution in [3.05, 3.63) is 83.4 Å². The smallest absolute Gasteiger partial charge is 0.251 e. The number of piperidine rings is 1. The highest BCUT2D eigenvalue weighted by atomic mass is 35.5. The molecule has 6 rings (SSSR count). The van der Waals surface area contributed by atoms with Crippen molar-refractivity contribution >= 4 is 35.8 Å². The second-order valence-electron chi connectivity index (χ2n) is 13.3. The van der Waals surface area contributed by atoms with Gasteiger partial charge >= 0.3 is 0 Å². The van der Waals surface area contributed by atoms with Crippen molar-refractivity contribution in [3.8, 4) is 22.5 Å². The minimum atomic E-state index is -0.797. The summed E-state index contributed by atoms with van der Waals surface area (Å²) in [6.45, 7) is 4.50. The molecule has 4 aromatic rings. The third-order valence-corrected chi connectivity index (χ3v) is 9.83. The molecule has 0 spiro atoms. The van der Waals surface area contributed by atoms with Gasteiger partial charge in [0.15, 0.2) is 5.82 Å². The number of H-pyrrole nitrogens is 1. The lowest BCUT2D eigenvalue weighted by Gasteiger charge is -2.28. The summed E-state index contributed by atoms with van der Waals surface area (Å²) in [6.07, 6.45) is 5.52. The molecule has 50 heavy (non-hydrogen) atoms. The van der Waals surface area contributed by atoms with Crippen LogP contribution in [0.15, 0.2) is 66.7 Å². The number of anilines is 1. The Morgan fingerprint density at radius 3 is 2.26 bits per heavy atom. The Bertz CT molecular complexity index is 1720. The molecule has 12 nitrogen and oxygen atoms in total. The van der Waals surface area contributed by atoms with Gasteiger partial charge in [0.25, 0.3) is 5.91 Å². The van der Waals surface area contributed by atoms with Gasteiger partial charge in [-0.3, -0.25) is 14.4 Å². The summed E-state index contributed by atoms with van der Waals surface area (Å²) in [6, 6.07) is 20.3. The number of carbonyl (C=O) groups is 3. The van der Waals surface area contributed by atoms with Gasteiger partial charge in [-0.15, -0.1) is 17.5 Å². The Hall–Kier alpha value is -4.65. The molecule has 2 heterocycles. The van der Waals surface area contributed by atoms with Crippen molar-refractivity contribution in [2.24, 2.45) is 17.6 Å². The monoisotopic (exact) mass is 699 g/mol. The van der Waals surface area contributed by atoms with Crippen LogP contribution in [0.5, 0.6) is 0 Å². The molecule has 1 saturated heterocycles. The molecular formula is C37H46ClN9O3. The molecule has 1 saturated carbocycles. The average Bonchev–Trinajstić information content (AvgIpc) is 3.68. The molecule has 0 bridgehead atoms. The third kappa shape index (κ3) is 9.32. The predicted molar refractivity (Wildman–Crippen MR) is 196 cm³/mol. The first kappa shape index (κ1) is 36.6. The lowest BCUT2D eigenvalue weighted by atomic mass is 9.81. The molecule has 1 aliphatic heterocycles. The number of benzene rings is 3. The maximum Gasteiger partial charge on any atom is 0.251 e. The minimum absolute atomic E-state index is 0. The van der Waals surface area contributed by atoms with Crippen molar-refractivity contribution in [2.75, 3.05) is 25.0 Å². The van der Waals surface area contributed by atoms with Crippen LogP contribution in [0.2, 0.25) is 0 Å². The summed E-state index contributed by atoms with van der Waals surface area (Å²) in [5.41, 5.74) is 11.8. The number of aryl methyl sites for hydroxylation is 1. The highest BCUT2D eigenvalue weighted by Gasteiger charge is 2.29. The van der Waals surface area contributed by atoms with Gasteiger partial charge < -0.3 is 27.0 Å². The summed E-state index contributed by atoms with van der Waals surface area (Å²) in [4.78, 5) is 40.2. The summed E-state index contributed by atoms with van der Waals surface area (Å²) in [5, 5.41) is 26.4. The maximum absolute atomic E-state index is 13.8. The van der Waals surface area contributed by atoms with Crippen LogP contribution in [-0.2, 0) is 16.0 Å². The summed E-state index contributed by atoms with van der Waals surface area (Å²) >= 11 is 0. The number of carbonyl (C=O) groups excluding carboxylic acids is 3. The maximum atomic E-state index is 13.8. The molecule has 3 aromatic carbocycles. The van der Waals surface area contributed by atoms with Crippen LogP contribution in [0, 0.1) is 18.8 Å². The van der Waals surface area contributed by atoms with Gasteiger partial charge in [-0.05, 0) is 140 Å². The molecule has 0 radical (unpaired) electrons. The highest BCUT2D eigenvalue weighted by molar-refractivity contribution is 5.98. The Morgan fingerprint density at radius 1 is 0.900 bits per heavy atom. The Kier molecular flexibility index (Phi) is 12.7. The molecule has 7 N–H and O–H groups in total. The lowest BCUT2D eigenvalue weighted by Crippen LogP contribution is -2.48. The van der Waals surface area contributed by atoms with Crippen LogP contribution >= 0.6 is 12.4 Å². The number of aromatic nitrogens is 4. The van der Waals surface area contributed by atoms with Crippen molar-refractivity contribution in [3.63, 3.8) is 0 Å². The number of nitrogens with one attached hydrogen (secondary N) is 5. The summed E-state index contributed by atoms with van der Waals surface area (Å²) < 4.78 is 0. The number of rotatable bonds is 11. The Balaban J connectivity index is 0.00000486. The number of hydrogen-bond donors (Lipinski definition) is 6. The van der Waals surface area contributed by atoms with Crippen molar-refractivity contribution in [1.82, 2.24) is 36.6 Å². The fourth-order valence-corrected chi connectivity index (χ4v) is 6.76. The second kappa shape index (κ2) is 17.3. The Morgan fingerprint density at radius 2 is 1.60 bits per heavy atom. The standard InChI is InChI=1S/C37H45N9O3.ClH/c1-23-2-3-25(20-32(23)26-8-10-29(11-9-26)35(47)40-31-16-18-39-19-17-31)21-33(42-36(48)28-6-4-24(22-38)5-7-28)37(49)41-30-14-12-27(13-15-30)34-43-45-46-44-34;/h2-3,8-15,20,24,28,31,33,39H,4-7,16-19,21-22,38H2,1H3,(H,40,47)(H,41,49)(H,42,48)(H,43,44,45,46);1H/t24-,28-,33-;/m0./s1. The van der Waals surface area contributed by atoms with Crippen LogP contribution in [0.25, 0.3) is 22.5 Å². The van der Waals surface area contributed by atoms with Gasteiger partial charge in [0.1, 0.15) is 6.04 Å². The molecule has 1 aromatic heterocycles. The zero-order valence-electron chi connectivity index (χ0n) is 28.3.